The normalized spacial score (nSPS) is 14.9. The molecule has 5 nitrogen and oxygen atoms in total. The lowest BCUT2D eigenvalue weighted by molar-refractivity contribution is 0.332. The van der Waals surface area contributed by atoms with Gasteiger partial charge in [0.1, 0.15) is 0 Å². The van der Waals surface area contributed by atoms with E-state index in [2.05, 4.69) is 0 Å². The van der Waals surface area contributed by atoms with Crippen molar-refractivity contribution in [3.63, 3.8) is 0 Å². The predicted molar refractivity (Wildman–Crippen MR) is 50.6 cm³/mol. The van der Waals surface area contributed by atoms with Crippen LogP contribution in [0.25, 0.3) is 0 Å². The molecule has 0 aliphatic carbocycles. The van der Waals surface area contributed by atoms with Gasteiger partial charge >= 0.3 is 12.8 Å². The number of hydrogen-bond acceptors (Lipinski definition) is 3. The lowest BCUT2D eigenvalue weighted by Gasteiger charge is -2.10. The molecule has 1 rings (SSSR count). The molecule has 15 heavy (non-hydrogen) atoms. The first-order valence-electron chi connectivity index (χ1n) is 3.74. The summed E-state index contributed by atoms with van der Waals surface area (Å²) in [7, 11) is -9.92. The summed E-state index contributed by atoms with van der Waals surface area (Å²) in [6.07, 6.45) is 0. The number of rotatable bonds is 3. The predicted octanol–water partition coefficient (Wildman–Crippen LogP) is 0.891. The Hall–Kier alpha value is -0.750. The van der Waals surface area contributed by atoms with Crippen LogP contribution in [-0.2, 0) is 14.4 Å². The van der Waals surface area contributed by atoms with E-state index >= 15 is 0 Å². The number of sulfone groups is 1. The van der Waals surface area contributed by atoms with Gasteiger partial charge in [-0.25, -0.2) is 12.8 Å². The molecule has 1 aromatic carbocycles. The van der Waals surface area contributed by atoms with Crippen LogP contribution in [0.5, 0.6) is 0 Å². The average Bonchev–Trinajstić information content (AvgIpc) is 2.16. The third-order valence-electron chi connectivity index (χ3n) is 1.59. The summed E-state index contributed by atoms with van der Waals surface area (Å²) in [5.41, 5.74) is 0. The van der Waals surface area contributed by atoms with Crippen LogP contribution in [0.15, 0.2) is 35.2 Å². The highest BCUT2D eigenvalue weighted by atomic mass is 32.2. The maximum Gasteiger partial charge on any atom is 0.375 e. The Labute approximate surface area is 85.6 Å². The number of hydrogen-bond donors (Lipinski definition) is 2. The molecule has 0 amide bonds. The van der Waals surface area contributed by atoms with Crippen molar-refractivity contribution >= 4 is 17.4 Å². The summed E-state index contributed by atoms with van der Waals surface area (Å²) in [4.78, 5) is 16.4. The zero-order chi connectivity index (χ0) is 11.7. The van der Waals surface area contributed by atoms with E-state index in [9.17, 15) is 17.4 Å². The maximum absolute atomic E-state index is 13.0. The zero-order valence-electron chi connectivity index (χ0n) is 7.32. The summed E-state index contributed by atoms with van der Waals surface area (Å²) in [6, 6.07) is 6.30. The number of halogens is 1. The van der Waals surface area contributed by atoms with Gasteiger partial charge in [0, 0.05) is 0 Å². The molecule has 0 saturated heterocycles. The summed E-state index contributed by atoms with van der Waals surface area (Å²) >= 11 is 0. The first kappa shape index (κ1) is 12.3. The van der Waals surface area contributed by atoms with Crippen molar-refractivity contribution in [1.29, 1.82) is 0 Å². The minimum absolute atomic E-state index is 0.458. The molecule has 84 valence electrons. The Morgan fingerprint density at radius 2 is 1.67 bits per heavy atom. The van der Waals surface area contributed by atoms with E-state index in [1.54, 1.807) is 0 Å². The molecule has 1 atom stereocenters. The molecule has 8 heteroatoms. The van der Waals surface area contributed by atoms with E-state index in [1.807, 2.05) is 0 Å². The van der Waals surface area contributed by atoms with Gasteiger partial charge in [-0.15, -0.1) is 0 Å². The van der Waals surface area contributed by atoms with Gasteiger partial charge in [0.15, 0.2) is 0 Å². The van der Waals surface area contributed by atoms with Gasteiger partial charge in [0.25, 0.3) is 0 Å². The smallest absolute Gasteiger partial charge is 0.322 e. The Balaban J connectivity index is 3.22. The molecule has 0 spiro atoms. The molecule has 0 aliphatic heterocycles. The molecule has 0 radical (unpaired) electrons. The topological polar surface area (TPSA) is 91.7 Å². The van der Waals surface area contributed by atoms with E-state index in [1.165, 1.54) is 18.2 Å². The third kappa shape index (κ3) is 2.63. The fourth-order valence-corrected chi connectivity index (χ4v) is 3.48. The molecule has 2 N–H and O–H groups in total. The van der Waals surface area contributed by atoms with E-state index in [0.29, 0.717) is 0 Å². The Bertz CT molecular complexity index is 479. The van der Waals surface area contributed by atoms with Crippen molar-refractivity contribution in [3.05, 3.63) is 30.3 Å². The van der Waals surface area contributed by atoms with E-state index in [-0.39, 0.29) is 0 Å². The lowest BCUT2D eigenvalue weighted by atomic mass is 10.4. The molecule has 0 heterocycles. The molecular formula is C7H8FO5PS. The SMILES string of the molecule is O=P(O)(O)C(F)S(=O)(=O)c1ccccc1. The van der Waals surface area contributed by atoms with Gasteiger partial charge in [0.05, 0.1) is 4.90 Å². The second-order valence-corrected chi connectivity index (χ2v) is 6.70. The standard InChI is InChI=1S/C7H8FO5PS/c8-7(14(9,10)11)15(12,13)6-4-2-1-3-5-6/h1-5,7H,(H2,9,10,11). The van der Waals surface area contributed by atoms with Crippen molar-refractivity contribution in [2.45, 2.75) is 10.1 Å². The minimum atomic E-state index is -5.30. The summed E-state index contributed by atoms with van der Waals surface area (Å²) in [6.45, 7) is 0. The molecule has 1 aromatic rings. The molecule has 1 unspecified atom stereocenters. The molecular weight excluding hydrogens is 246 g/mol. The third-order valence-corrected chi connectivity index (χ3v) is 5.22. The monoisotopic (exact) mass is 254 g/mol. The van der Waals surface area contributed by atoms with Crippen LogP contribution in [0.4, 0.5) is 4.39 Å². The van der Waals surface area contributed by atoms with Crippen molar-refractivity contribution in [2.75, 3.05) is 0 Å². The quantitative estimate of drug-likeness (QED) is 0.781. The van der Waals surface area contributed by atoms with Crippen LogP contribution >= 0.6 is 7.60 Å². The van der Waals surface area contributed by atoms with E-state index < -0.39 is 27.6 Å². The summed E-state index contributed by atoms with van der Waals surface area (Å²) in [5.74, 6) is 0. The summed E-state index contributed by atoms with van der Waals surface area (Å²) in [5, 5.41) is -3.22. The molecule has 0 saturated carbocycles. The van der Waals surface area contributed by atoms with Crippen LogP contribution in [0.2, 0.25) is 0 Å². The highest BCUT2D eigenvalue weighted by molar-refractivity contribution is 7.98. The second kappa shape index (κ2) is 4.02. The molecule has 0 aromatic heterocycles. The van der Waals surface area contributed by atoms with E-state index in [4.69, 9.17) is 9.79 Å². The fourth-order valence-electron chi connectivity index (χ4n) is 0.903. The summed E-state index contributed by atoms with van der Waals surface area (Å²) < 4.78 is 46.1. The Kier molecular flexibility index (Phi) is 3.30. The van der Waals surface area contributed by atoms with Gasteiger partial charge in [-0.3, -0.25) is 4.57 Å². The average molecular weight is 254 g/mol. The van der Waals surface area contributed by atoms with Crippen LogP contribution in [0.1, 0.15) is 0 Å². The van der Waals surface area contributed by atoms with Gasteiger partial charge in [0.2, 0.25) is 9.84 Å². The lowest BCUT2D eigenvalue weighted by Crippen LogP contribution is -2.16. The highest BCUT2D eigenvalue weighted by Gasteiger charge is 2.41. The highest BCUT2D eigenvalue weighted by Crippen LogP contribution is 2.46. The Morgan fingerprint density at radius 3 is 2.07 bits per heavy atom. The zero-order valence-corrected chi connectivity index (χ0v) is 9.03. The van der Waals surface area contributed by atoms with Crippen LogP contribution in [-0.4, -0.2) is 23.4 Å². The number of alkyl halides is 1. The van der Waals surface area contributed by atoms with E-state index in [0.717, 1.165) is 12.1 Å². The Morgan fingerprint density at radius 1 is 1.20 bits per heavy atom. The largest absolute Gasteiger partial charge is 0.375 e. The second-order valence-electron chi connectivity index (χ2n) is 2.74. The van der Waals surface area contributed by atoms with Crippen LogP contribution in [0.3, 0.4) is 0 Å². The number of benzene rings is 1. The van der Waals surface area contributed by atoms with Gasteiger partial charge in [-0.05, 0) is 12.1 Å². The molecule has 0 bridgehead atoms. The van der Waals surface area contributed by atoms with Gasteiger partial charge in [-0.1, -0.05) is 18.2 Å². The molecule has 0 fully saturated rings. The van der Waals surface area contributed by atoms with Crippen molar-refractivity contribution in [1.82, 2.24) is 0 Å². The van der Waals surface area contributed by atoms with Crippen molar-refractivity contribution in [2.24, 2.45) is 0 Å². The van der Waals surface area contributed by atoms with Crippen molar-refractivity contribution < 1.29 is 27.2 Å². The minimum Gasteiger partial charge on any atom is -0.322 e. The van der Waals surface area contributed by atoms with Crippen LogP contribution < -0.4 is 0 Å². The fraction of sp³-hybridized carbons (Fsp3) is 0.143. The molecule has 0 aliphatic rings. The first-order chi connectivity index (χ1) is 6.76. The van der Waals surface area contributed by atoms with Crippen molar-refractivity contribution in [3.8, 4) is 0 Å². The van der Waals surface area contributed by atoms with Gasteiger partial charge < -0.3 is 9.79 Å². The van der Waals surface area contributed by atoms with Gasteiger partial charge in [-0.2, -0.15) is 0 Å². The first-order valence-corrected chi connectivity index (χ1v) is 6.97. The van der Waals surface area contributed by atoms with Crippen LogP contribution in [0, 0.1) is 0 Å². The maximum atomic E-state index is 13.0.